The number of urea groups is 1. The molecule has 160 valence electrons. The number of benzene rings is 2. The average Bonchev–Trinajstić information content (AvgIpc) is 3.19. The highest BCUT2D eigenvalue weighted by atomic mass is 16.2. The van der Waals surface area contributed by atoms with Gasteiger partial charge < -0.3 is 20.4 Å². The van der Waals surface area contributed by atoms with Crippen molar-refractivity contribution in [3.05, 3.63) is 65.2 Å². The number of nitrogens with zero attached hydrogens (tertiary/aromatic N) is 2. The number of carbonyl (C=O) groups excluding carboxylic acids is 2. The van der Waals surface area contributed by atoms with Crippen molar-refractivity contribution in [1.82, 2.24) is 15.5 Å². The van der Waals surface area contributed by atoms with Crippen molar-refractivity contribution in [3.8, 4) is 0 Å². The van der Waals surface area contributed by atoms with E-state index in [9.17, 15) is 9.59 Å². The molecule has 30 heavy (non-hydrogen) atoms. The first kappa shape index (κ1) is 21.7. The van der Waals surface area contributed by atoms with Crippen molar-refractivity contribution in [2.24, 2.45) is 0 Å². The van der Waals surface area contributed by atoms with Gasteiger partial charge in [0.05, 0.1) is 0 Å². The fourth-order valence-electron chi connectivity index (χ4n) is 3.62. The van der Waals surface area contributed by atoms with Gasteiger partial charge in [-0.3, -0.25) is 4.79 Å². The summed E-state index contributed by atoms with van der Waals surface area (Å²) in [4.78, 5) is 28.4. The van der Waals surface area contributed by atoms with E-state index in [4.69, 9.17) is 0 Å². The number of hydrogen-bond acceptors (Lipinski definition) is 3. The first-order chi connectivity index (χ1) is 14.5. The van der Waals surface area contributed by atoms with Crippen molar-refractivity contribution in [2.45, 2.75) is 38.8 Å². The van der Waals surface area contributed by atoms with E-state index in [1.54, 1.807) is 0 Å². The first-order valence-corrected chi connectivity index (χ1v) is 10.7. The Hall–Kier alpha value is -3.02. The number of carbonyl (C=O) groups is 2. The van der Waals surface area contributed by atoms with Gasteiger partial charge in [-0.2, -0.15) is 0 Å². The van der Waals surface area contributed by atoms with E-state index >= 15 is 0 Å². The minimum absolute atomic E-state index is 0.0124. The molecule has 0 saturated heterocycles. The Morgan fingerprint density at radius 2 is 1.50 bits per heavy atom. The fraction of sp³-hybridized carbons (Fsp3) is 0.417. The van der Waals surface area contributed by atoms with E-state index in [1.165, 1.54) is 11.1 Å². The van der Waals surface area contributed by atoms with Crippen LogP contribution in [0, 0.1) is 0 Å². The van der Waals surface area contributed by atoms with Gasteiger partial charge >= 0.3 is 6.03 Å². The maximum atomic E-state index is 12.3. The number of unbranched alkanes of at least 4 members (excludes halogenated alkanes) is 3. The van der Waals surface area contributed by atoms with Crippen LogP contribution in [0.5, 0.6) is 0 Å². The summed E-state index contributed by atoms with van der Waals surface area (Å²) < 4.78 is 0. The van der Waals surface area contributed by atoms with E-state index in [2.05, 4.69) is 22.8 Å². The molecule has 6 nitrogen and oxygen atoms in total. The van der Waals surface area contributed by atoms with Gasteiger partial charge in [0, 0.05) is 51.5 Å². The van der Waals surface area contributed by atoms with Crippen molar-refractivity contribution < 1.29 is 9.59 Å². The van der Waals surface area contributed by atoms with E-state index in [0.717, 1.165) is 31.4 Å². The smallest absolute Gasteiger partial charge is 0.318 e. The number of rotatable bonds is 9. The second kappa shape index (κ2) is 10.7. The molecule has 0 atom stereocenters. The van der Waals surface area contributed by atoms with Gasteiger partial charge in [-0.15, -0.1) is 0 Å². The molecule has 2 aromatic carbocycles. The Morgan fingerprint density at radius 3 is 2.13 bits per heavy atom. The van der Waals surface area contributed by atoms with Crippen LogP contribution in [0.1, 0.15) is 47.2 Å². The van der Waals surface area contributed by atoms with Crippen molar-refractivity contribution in [1.29, 1.82) is 0 Å². The highest BCUT2D eigenvalue weighted by Gasteiger charge is 2.22. The molecule has 3 rings (SSSR count). The third kappa shape index (κ3) is 5.99. The van der Waals surface area contributed by atoms with E-state index in [-0.39, 0.29) is 11.9 Å². The van der Waals surface area contributed by atoms with E-state index < -0.39 is 0 Å². The monoisotopic (exact) mass is 408 g/mol. The van der Waals surface area contributed by atoms with Gasteiger partial charge in [-0.1, -0.05) is 43.2 Å². The van der Waals surface area contributed by atoms with Crippen LogP contribution < -0.4 is 15.5 Å². The summed E-state index contributed by atoms with van der Waals surface area (Å²) in [5, 5.41) is 6.00. The third-order valence-corrected chi connectivity index (χ3v) is 5.42. The lowest BCUT2D eigenvalue weighted by Crippen LogP contribution is -2.36. The van der Waals surface area contributed by atoms with E-state index in [0.29, 0.717) is 31.7 Å². The summed E-state index contributed by atoms with van der Waals surface area (Å²) in [6.45, 7) is 2.75. The number of nitrogens with one attached hydrogen (secondary N) is 2. The molecule has 0 radical (unpaired) electrons. The molecule has 1 aliphatic heterocycles. The fourth-order valence-corrected chi connectivity index (χ4v) is 3.62. The molecule has 0 unspecified atom stereocenters. The zero-order valence-corrected chi connectivity index (χ0v) is 18.0. The van der Waals surface area contributed by atoms with Gasteiger partial charge in [0.1, 0.15) is 0 Å². The summed E-state index contributed by atoms with van der Waals surface area (Å²) in [5.74, 6) is -0.0300. The lowest BCUT2D eigenvalue weighted by atomic mass is 10.1. The minimum atomic E-state index is -0.0300. The predicted molar refractivity (Wildman–Crippen MR) is 121 cm³/mol. The van der Waals surface area contributed by atoms with Crippen LogP contribution in [0.25, 0.3) is 0 Å². The molecule has 2 aromatic rings. The predicted octanol–water partition coefficient (Wildman–Crippen LogP) is 3.77. The van der Waals surface area contributed by atoms with Crippen LogP contribution in [0.2, 0.25) is 0 Å². The quantitative estimate of drug-likeness (QED) is 0.621. The van der Waals surface area contributed by atoms with Crippen molar-refractivity contribution >= 4 is 17.6 Å². The maximum Gasteiger partial charge on any atom is 0.318 e. The summed E-state index contributed by atoms with van der Waals surface area (Å²) >= 11 is 0. The van der Waals surface area contributed by atoms with Gasteiger partial charge in [0.25, 0.3) is 5.91 Å². The Kier molecular flexibility index (Phi) is 7.71. The van der Waals surface area contributed by atoms with Gasteiger partial charge in [-0.25, -0.2) is 4.79 Å². The molecule has 0 aromatic heterocycles. The number of fused-ring (bicyclic) bond motifs is 1. The van der Waals surface area contributed by atoms with Gasteiger partial charge in [0.15, 0.2) is 0 Å². The van der Waals surface area contributed by atoms with Gasteiger partial charge in [0.2, 0.25) is 0 Å². The molecule has 1 heterocycles. The number of hydrogen-bond donors (Lipinski definition) is 2. The van der Waals surface area contributed by atoms with Crippen LogP contribution in [0.3, 0.4) is 0 Å². The second-order valence-electron chi connectivity index (χ2n) is 7.97. The molecule has 0 saturated carbocycles. The number of amides is 3. The SMILES string of the molecule is CN(C)c1cccc(C(=O)NCCCCCCNC(=O)N2Cc3ccccc3C2)c1. The highest BCUT2D eigenvalue weighted by Crippen LogP contribution is 2.21. The molecule has 3 amide bonds. The summed E-state index contributed by atoms with van der Waals surface area (Å²) in [5.41, 5.74) is 4.18. The molecule has 0 spiro atoms. The third-order valence-electron chi connectivity index (χ3n) is 5.42. The number of anilines is 1. The zero-order chi connectivity index (χ0) is 21.3. The molecular formula is C24H32N4O2. The molecule has 0 aliphatic carbocycles. The maximum absolute atomic E-state index is 12.3. The minimum Gasteiger partial charge on any atom is -0.378 e. The first-order valence-electron chi connectivity index (χ1n) is 10.7. The normalized spacial score (nSPS) is 12.4. The molecule has 1 aliphatic rings. The summed E-state index contributed by atoms with van der Waals surface area (Å²) in [7, 11) is 3.92. The second-order valence-corrected chi connectivity index (χ2v) is 7.97. The zero-order valence-electron chi connectivity index (χ0n) is 18.0. The van der Waals surface area contributed by atoms with Gasteiger partial charge in [-0.05, 0) is 42.2 Å². The van der Waals surface area contributed by atoms with Crippen LogP contribution in [-0.4, -0.2) is 44.0 Å². The molecule has 2 N–H and O–H groups in total. The average molecular weight is 409 g/mol. The Labute approximate surface area is 179 Å². The molecule has 0 bridgehead atoms. The largest absolute Gasteiger partial charge is 0.378 e. The lowest BCUT2D eigenvalue weighted by Gasteiger charge is -2.16. The molecule has 6 heteroatoms. The Morgan fingerprint density at radius 1 is 0.867 bits per heavy atom. The van der Waals surface area contributed by atoms with Crippen molar-refractivity contribution in [3.63, 3.8) is 0 Å². The standard InChI is InChI=1S/C24H32N4O2/c1-27(2)22-13-9-12-19(16-22)23(29)25-14-7-3-4-8-15-26-24(30)28-17-20-10-5-6-11-21(20)18-28/h5-6,9-13,16H,3-4,7-8,14-15,17-18H2,1-2H3,(H,25,29)(H,26,30). The van der Waals surface area contributed by atoms with Crippen LogP contribution in [0.15, 0.2) is 48.5 Å². The Bertz CT molecular complexity index is 841. The lowest BCUT2D eigenvalue weighted by molar-refractivity contribution is 0.0953. The molecular weight excluding hydrogens is 376 g/mol. The Balaban J connectivity index is 1.24. The van der Waals surface area contributed by atoms with Crippen LogP contribution >= 0.6 is 0 Å². The van der Waals surface area contributed by atoms with Crippen LogP contribution in [0.4, 0.5) is 10.5 Å². The van der Waals surface area contributed by atoms with E-state index in [1.807, 2.05) is 60.3 Å². The van der Waals surface area contributed by atoms with Crippen LogP contribution in [-0.2, 0) is 13.1 Å². The summed E-state index contributed by atoms with van der Waals surface area (Å²) in [6.07, 6.45) is 3.95. The highest BCUT2D eigenvalue weighted by molar-refractivity contribution is 5.95. The van der Waals surface area contributed by atoms with Crippen molar-refractivity contribution in [2.75, 3.05) is 32.1 Å². The molecule has 0 fully saturated rings. The topological polar surface area (TPSA) is 64.7 Å². The summed E-state index contributed by atoms with van der Waals surface area (Å²) in [6, 6.07) is 15.8.